The van der Waals surface area contributed by atoms with Gasteiger partial charge in [0, 0.05) is 0 Å². The normalized spacial score (nSPS) is 9.00. The van der Waals surface area contributed by atoms with Crippen molar-refractivity contribution in [3.63, 3.8) is 0 Å². The standard InChI is InChI=1S/Au.3ClH.Na.H/h;3*1H;;/q+3;;;;+1;-1/p-3. The first kappa shape index (κ1) is 10.6. The predicted octanol–water partition coefficient (Wildman–Crippen LogP) is -0.818. The molecule has 0 radical (unpaired) electrons. The zero-order chi connectivity index (χ0) is 3.58. The van der Waals surface area contributed by atoms with Crippen LogP contribution in [0.5, 0.6) is 0 Å². The molecule has 0 N–H and O–H groups in total. The molecule has 0 atom stereocenters. The van der Waals surface area contributed by atoms with E-state index in [4.69, 9.17) is 27.6 Å². The molecule has 0 aromatic heterocycles. The number of hydrogen-bond acceptors (Lipinski definition) is 0. The molecule has 0 spiro atoms. The van der Waals surface area contributed by atoms with Crippen molar-refractivity contribution in [2.75, 3.05) is 0 Å². The van der Waals surface area contributed by atoms with Gasteiger partial charge in [-0.05, 0) is 0 Å². The second kappa shape index (κ2) is 6.61. The third-order valence-electron chi connectivity index (χ3n) is 0. The van der Waals surface area contributed by atoms with Crippen LogP contribution in [0.25, 0.3) is 0 Å². The van der Waals surface area contributed by atoms with Gasteiger partial charge in [-0.1, -0.05) is 0 Å². The van der Waals surface area contributed by atoms with E-state index in [0.29, 0.717) is 0 Å². The molecule has 5 heavy (non-hydrogen) atoms. The molecule has 0 fully saturated rings. The zero-order valence-electron chi connectivity index (χ0n) is 3.44. The SMILES string of the molecule is [Cl][Au]([Cl])[Cl].[H-].[Na+]. The quantitative estimate of drug-likeness (QED) is 0.510. The van der Waals surface area contributed by atoms with Crippen LogP contribution in [0.4, 0.5) is 0 Å². The minimum absolute atomic E-state index is 0. The van der Waals surface area contributed by atoms with Crippen LogP contribution in [0.2, 0.25) is 0 Å². The second-order valence-electron chi connectivity index (χ2n) is 0.129. The summed E-state index contributed by atoms with van der Waals surface area (Å²) in [7, 11) is 14.9. The molecule has 0 aliphatic carbocycles. The molecule has 0 aromatic rings. The average molecular weight is 327 g/mol. The Morgan fingerprint density at radius 3 is 1.20 bits per heavy atom. The first-order valence-electron chi connectivity index (χ1n) is 0.342. The van der Waals surface area contributed by atoms with Crippen LogP contribution in [-0.4, -0.2) is 0 Å². The predicted molar refractivity (Wildman–Crippen MR) is 18.7 cm³/mol. The van der Waals surface area contributed by atoms with E-state index in [2.05, 4.69) is 0 Å². The van der Waals surface area contributed by atoms with Crippen molar-refractivity contribution in [3.05, 3.63) is 0 Å². The molecular formula is HAuCl3Na. The van der Waals surface area contributed by atoms with Crippen molar-refractivity contribution in [2.24, 2.45) is 0 Å². The molecular weight excluding hydrogens is 326 g/mol. The van der Waals surface area contributed by atoms with E-state index in [1.54, 1.807) is 0 Å². The van der Waals surface area contributed by atoms with Crippen molar-refractivity contribution in [3.8, 4) is 0 Å². The molecule has 0 amide bonds. The van der Waals surface area contributed by atoms with E-state index in [1.807, 2.05) is 0 Å². The number of rotatable bonds is 0. The topological polar surface area (TPSA) is 0 Å². The fraction of sp³-hybridized carbons (Fsp3) is 0. The van der Waals surface area contributed by atoms with Crippen LogP contribution < -0.4 is 29.6 Å². The summed E-state index contributed by atoms with van der Waals surface area (Å²) in [5.41, 5.74) is 0. The molecule has 0 rings (SSSR count). The molecule has 0 unspecified atom stereocenters. The molecule has 0 aliphatic heterocycles. The summed E-state index contributed by atoms with van der Waals surface area (Å²) >= 11 is -1.79. The minimum atomic E-state index is -1.79. The summed E-state index contributed by atoms with van der Waals surface area (Å²) in [6, 6.07) is 0. The Bertz CT molecular complexity index is 15.5. The smallest absolute Gasteiger partial charge is 1.00 e. The summed E-state index contributed by atoms with van der Waals surface area (Å²) in [5, 5.41) is 0. The van der Waals surface area contributed by atoms with Crippen LogP contribution in [0.1, 0.15) is 1.43 Å². The Hall–Kier alpha value is 2.61. The molecule has 0 saturated heterocycles. The third-order valence-corrected chi connectivity index (χ3v) is 0. The van der Waals surface area contributed by atoms with Crippen molar-refractivity contribution in [1.82, 2.24) is 0 Å². The Labute approximate surface area is 72.5 Å². The maximum absolute atomic E-state index is 4.95. The summed E-state index contributed by atoms with van der Waals surface area (Å²) in [4.78, 5) is 0. The van der Waals surface area contributed by atoms with E-state index in [-0.39, 0.29) is 31.0 Å². The molecule has 0 heterocycles. The van der Waals surface area contributed by atoms with E-state index >= 15 is 0 Å². The first-order valence-corrected chi connectivity index (χ1v) is 8.40. The summed E-state index contributed by atoms with van der Waals surface area (Å²) in [6.45, 7) is 0. The Kier molecular flexibility index (Phi) is 14.0. The van der Waals surface area contributed by atoms with Gasteiger partial charge in [-0.3, -0.25) is 0 Å². The van der Waals surface area contributed by atoms with E-state index < -0.39 is 15.2 Å². The zero-order valence-corrected chi connectivity index (χ0v) is 8.87. The van der Waals surface area contributed by atoms with Crippen molar-refractivity contribution < 1.29 is 46.2 Å². The van der Waals surface area contributed by atoms with Gasteiger partial charge in [0.25, 0.3) is 0 Å². The second-order valence-corrected chi connectivity index (χ2v) is 9.52. The molecule has 0 aromatic carbocycles. The van der Waals surface area contributed by atoms with Gasteiger partial charge in [0.1, 0.15) is 0 Å². The fourth-order valence-electron chi connectivity index (χ4n) is 0. The van der Waals surface area contributed by atoms with Crippen LogP contribution >= 0.6 is 27.6 Å². The third kappa shape index (κ3) is 20.6. The van der Waals surface area contributed by atoms with Gasteiger partial charge >= 0.3 is 72.3 Å². The molecule has 5 heteroatoms. The van der Waals surface area contributed by atoms with Crippen LogP contribution in [0, 0.1) is 0 Å². The average Bonchev–Trinajstić information content (AvgIpc) is 0.811. The summed E-state index contributed by atoms with van der Waals surface area (Å²) < 4.78 is 0. The fourth-order valence-corrected chi connectivity index (χ4v) is 0. The monoisotopic (exact) mass is 326 g/mol. The van der Waals surface area contributed by atoms with Crippen LogP contribution in [0.15, 0.2) is 0 Å². The molecule has 0 saturated carbocycles. The van der Waals surface area contributed by atoms with Gasteiger partial charge in [0.15, 0.2) is 0 Å². The molecule has 0 bridgehead atoms. The van der Waals surface area contributed by atoms with Gasteiger partial charge in [0.05, 0.1) is 0 Å². The van der Waals surface area contributed by atoms with Gasteiger partial charge in [0.2, 0.25) is 0 Å². The van der Waals surface area contributed by atoms with Gasteiger partial charge in [-0.25, -0.2) is 0 Å². The van der Waals surface area contributed by atoms with Crippen molar-refractivity contribution in [1.29, 1.82) is 0 Å². The van der Waals surface area contributed by atoms with Gasteiger partial charge in [-0.2, -0.15) is 0 Å². The van der Waals surface area contributed by atoms with Gasteiger partial charge in [-0.15, -0.1) is 0 Å². The minimum Gasteiger partial charge on any atom is -1.00 e. The van der Waals surface area contributed by atoms with Crippen molar-refractivity contribution in [2.45, 2.75) is 0 Å². The van der Waals surface area contributed by atoms with E-state index in [9.17, 15) is 0 Å². The maximum atomic E-state index is 4.95. The Morgan fingerprint density at radius 2 is 1.20 bits per heavy atom. The van der Waals surface area contributed by atoms with Crippen LogP contribution in [-0.2, 0) is 15.2 Å². The summed E-state index contributed by atoms with van der Waals surface area (Å²) in [5.74, 6) is 0. The molecule has 0 nitrogen and oxygen atoms in total. The largest absolute Gasteiger partial charge is 1.00 e. The van der Waals surface area contributed by atoms with Crippen molar-refractivity contribution >= 4 is 27.6 Å². The van der Waals surface area contributed by atoms with E-state index in [0.717, 1.165) is 0 Å². The summed E-state index contributed by atoms with van der Waals surface area (Å²) in [6.07, 6.45) is 0. The van der Waals surface area contributed by atoms with E-state index in [1.165, 1.54) is 0 Å². The maximum Gasteiger partial charge on any atom is 1.00 e. The Morgan fingerprint density at radius 1 is 1.20 bits per heavy atom. The first-order chi connectivity index (χ1) is 1.73. The van der Waals surface area contributed by atoms with Crippen LogP contribution in [0.3, 0.4) is 0 Å². The Balaban J connectivity index is -0.0000000450. The molecule has 0 aliphatic rings. The number of hydrogen-bond donors (Lipinski definition) is 0. The van der Waals surface area contributed by atoms with Gasteiger partial charge < -0.3 is 1.43 Å². The molecule has 34 valence electrons. The number of halogens is 3.